The molecular weight excluding hydrogens is 168 g/mol. The Morgan fingerprint density at radius 1 is 1.69 bits per heavy atom. The molecule has 0 amide bonds. The quantitative estimate of drug-likeness (QED) is 0.657. The molecule has 1 heterocycles. The monoisotopic (exact) mass is 178 g/mol. The SMILES string of the molecule is CCn1c(N)c(C#N)c(C)nc1=O. The van der Waals surface area contributed by atoms with Gasteiger partial charge in [-0.2, -0.15) is 10.2 Å². The number of nitriles is 1. The fraction of sp³-hybridized carbons (Fsp3) is 0.375. The van der Waals surface area contributed by atoms with E-state index < -0.39 is 5.69 Å². The minimum absolute atomic E-state index is 0.197. The van der Waals surface area contributed by atoms with Crippen LogP contribution >= 0.6 is 0 Å². The van der Waals surface area contributed by atoms with Gasteiger partial charge < -0.3 is 5.73 Å². The Bertz CT molecular complexity index is 427. The average Bonchev–Trinajstić information content (AvgIpc) is 2.04. The van der Waals surface area contributed by atoms with Gasteiger partial charge >= 0.3 is 5.69 Å². The van der Waals surface area contributed by atoms with Crippen molar-refractivity contribution in [2.75, 3.05) is 5.73 Å². The second-order valence-electron chi connectivity index (χ2n) is 2.60. The summed E-state index contributed by atoms with van der Waals surface area (Å²) in [6, 6.07) is 1.92. The number of anilines is 1. The van der Waals surface area contributed by atoms with Crippen LogP contribution in [0.4, 0.5) is 5.82 Å². The highest BCUT2D eigenvalue weighted by molar-refractivity contribution is 5.50. The Kier molecular flexibility index (Phi) is 2.33. The largest absolute Gasteiger partial charge is 0.384 e. The Balaban J connectivity index is 3.60. The predicted molar refractivity (Wildman–Crippen MR) is 48.0 cm³/mol. The highest BCUT2D eigenvalue weighted by Gasteiger charge is 2.09. The van der Waals surface area contributed by atoms with Crippen LogP contribution in [0.25, 0.3) is 0 Å². The van der Waals surface area contributed by atoms with E-state index >= 15 is 0 Å². The van der Waals surface area contributed by atoms with Gasteiger partial charge in [0, 0.05) is 6.54 Å². The first-order valence-corrected chi connectivity index (χ1v) is 3.88. The third-order valence-corrected chi connectivity index (χ3v) is 1.83. The fourth-order valence-electron chi connectivity index (χ4n) is 1.13. The molecule has 1 rings (SSSR count). The van der Waals surface area contributed by atoms with Crippen molar-refractivity contribution < 1.29 is 0 Å². The Morgan fingerprint density at radius 3 is 2.77 bits per heavy atom. The van der Waals surface area contributed by atoms with E-state index in [2.05, 4.69) is 4.98 Å². The van der Waals surface area contributed by atoms with Gasteiger partial charge in [-0.3, -0.25) is 4.57 Å². The summed E-state index contributed by atoms with van der Waals surface area (Å²) in [6.07, 6.45) is 0. The van der Waals surface area contributed by atoms with Crippen LogP contribution in [0.15, 0.2) is 4.79 Å². The van der Waals surface area contributed by atoms with Crippen molar-refractivity contribution in [1.29, 1.82) is 5.26 Å². The molecule has 68 valence electrons. The molecule has 0 aliphatic carbocycles. The van der Waals surface area contributed by atoms with Gasteiger partial charge in [0.25, 0.3) is 0 Å². The molecule has 1 aromatic rings. The lowest BCUT2D eigenvalue weighted by atomic mass is 10.2. The molecule has 0 spiro atoms. The molecule has 1 aromatic heterocycles. The van der Waals surface area contributed by atoms with Crippen LogP contribution in [-0.2, 0) is 6.54 Å². The molecule has 0 fully saturated rings. The molecule has 13 heavy (non-hydrogen) atoms. The van der Waals surface area contributed by atoms with E-state index in [1.54, 1.807) is 13.8 Å². The molecule has 0 saturated heterocycles. The van der Waals surface area contributed by atoms with Crippen molar-refractivity contribution in [1.82, 2.24) is 9.55 Å². The van der Waals surface area contributed by atoms with Gasteiger partial charge in [0.1, 0.15) is 17.5 Å². The third kappa shape index (κ3) is 1.38. The molecule has 2 N–H and O–H groups in total. The second kappa shape index (κ2) is 3.27. The van der Waals surface area contributed by atoms with Gasteiger partial charge in [0.15, 0.2) is 0 Å². The molecule has 5 nitrogen and oxygen atoms in total. The molecule has 5 heteroatoms. The zero-order chi connectivity index (χ0) is 10.0. The van der Waals surface area contributed by atoms with Crippen LogP contribution in [0, 0.1) is 18.3 Å². The first kappa shape index (κ1) is 9.26. The number of aromatic nitrogens is 2. The smallest absolute Gasteiger partial charge is 0.349 e. The second-order valence-corrected chi connectivity index (χ2v) is 2.60. The van der Waals surface area contributed by atoms with Crippen LogP contribution in [0.3, 0.4) is 0 Å². The number of rotatable bonds is 1. The summed E-state index contributed by atoms with van der Waals surface area (Å²) >= 11 is 0. The molecule has 0 atom stereocenters. The first-order valence-electron chi connectivity index (χ1n) is 3.88. The van der Waals surface area contributed by atoms with Gasteiger partial charge in [0.05, 0.1) is 5.69 Å². The highest BCUT2D eigenvalue weighted by atomic mass is 16.1. The minimum atomic E-state index is -0.406. The van der Waals surface area contributed by atoms with Crippen LogP contribution in [-0.4, -0.2) is 9.55 Å². The average molecular weight is 178 g/mol. The zero-order valence-electron chi connectivity index (χ0n) is 7.53. The predicted octanol–water partition coefficient (Wildman–Crippen LogP) is 0.0255. The van der Waals surface area contributed by atoms with Crippen molar-refractivity contribution in [2.45, 2.75) is 20.4 Å². The van der Waals surface area contributed by atoms with Gasteiger partial charge in [-0.05, 0) is 13.8 Å². The van der Waals surface area contributed by atoms with Crippen molar-refractivity contribution in [3.8, 4) is 6.07 Å². The van der Waals surface area contributed by atoms with E-state index in [9.17, 15) is 4.79 Å². The van der Waals surface area contributed by atoms with Gasteiger partial charge in [-0.1, -0.05) is 0 Å². The summed E-state index contributed by atoms with van der Waals surface area (Å²) in [5.74, 6) is 0.197. The Hall–Kier alpha value is -1.83. The van der Waals surface area contributed by atoms with Gasteiger partial charge in [-0.25, -0.2) is 4.79 Å². The van der Waals surface area contributed by atoms with Crippen molar-refractivity contribution in [3.63, 3.8) is 0 Å². The van der Waals surface area contributed by atoms with E-state index in [0.717, 1.165) is 0 Å². The lowest BCUT2D eigenvalue weighted by molar-refractivity contribution is 0.703. The number of hydrogen-bond donors (Lipinski definition) is 1. The zero-order valence-corrected chi connectivity index (χ0v) is 7.53. The molecule has 0 aliphatic rings. The lowest BCUT2D eigenvalue weighted by Crippen LogP contribution is -2.26. The highest BCUT2D eigenvalue weighted by Crippen LogP contribution is 2.09. The maximum absolute atomic E-state index is 11.2. The minimum Gasteiger partial charge on any atom is -0.384 e. The van der Waals surface area contributed by atoms with Crippen molar-refractivity contribution in [2.24, 2.45) is 0 Å². The molecule has 0 unspecified atom stereocenters. The number of aryl methyl sites for hydroxylation is 1. The number of hydrogen-bond acceptors (Lipinski definition) is 4. The number of nitrogen functional groups attached to an aromatic ring is 1. The molecule has 0 radical (unpaired) electrons. The topological polar surface area (TPSA) is 84.7 Å². The molecule has 0 aliphatic heterocycles. The molecule has 0 saturated carbocycles. The lowest BCUT2D eigenvalue weighted by Gasteiger charge is -2.07. The van der Waals surface area contributed by atoms with Crippen molar-refractivity contribution >= 4 is 5.82 Å². The van der Waals surface area contributed by atoms with Crippen LogP contribution in [0.2, 0.25) is 0 Å². The summed E-state index contributed by atoms with van der Waals surface area (Å²) in [6.45, 7) is 3.79. The normalized spacial score (nSPS) is 9.62. The Morgan fingerprint density at radius 2 is 2.31 bits per heavy atom. The Labute approximate surface area is 75.4 Å². The van der Waals surface area contributed by atoms with E-state index in [0.29, 0.717) is 12.2 Å². The summed E-state index contributed by atoms with van der Waals surface area (Å²) < 4.78 is 1.27. The summed E-state index contributed by atoms with van der Waals surface area (Å²) in [7, 11) is 0. The number of nitrogens with two attached hydrogens (primary N) is 1. The molecule has 0 aromatic carbocycles. The van der Waals surface area contributed by atoms with Crippen LogP contribution < -0.4 is 11.4 Å². The van der Waals surface area contributed by atoms with E-state index in [1.165, 1.54) is 4.57 Å². The van der Waals surface area contributed by atoms with Gasteiger partial charge in [-0.15, -0.1) is 0 Å². The summed E-state index contributed by atoms with van der Waals surface area (Å²) in [5, 5.41) is 8.72. The maximum atomic E-state index is 11.2. The van der Waals surface area contributed by atoms with Crippen LogP contribution in [0.5, 0.6) is 0 Å². The van der Waals surface area contributed by atoms with Crippen molar-refractivity contribution in [3.05, 3.63) is 21.7 Å². The van der Waals surface area contributed by atoms with Gasteiger partial charge in [0.2, 0.25) is 0 Å². The molecule has 0 bridgehead atoms. The maximum Gasteiger partial charge on any atom is 0.349 e. The summed E-state index contributed by atoms with van der Waals surface area (Å²) in [4.78, 5) is 14.9. The van der Waals surface area contributed by atoms with Crippen LogP contribution in [0.1, 0.15) is 18.2 Å². The third-order valence-electron chi connectivity index (χ3n) is 1.83. The summed E-state index contributed by atoms with van der Waals surface area (Å²) in [5.41, 5.74) is 5.86. The molecular formula is C8H10N4O. The fourth-order valence-corrected chi connectivity index (χ4v) is 1.13. The number of nitrogens with zero attached hydrogens (tertiary/aromatic N) is 3. The van der Waals surface area contributed by atoms with E-state index in [4.69, 9.17) is 11.0 Å². The standard InChI is InChI=1S/C8H10N4O/c1-3-12-7(10)6(4-9)5(2)11-8(12)13/h3,10H2,1-2H3. The van der Waals surface area contributed by atoms with E-state index in [-0.39, 0.29) is 11.4 Å². The first-order chi connectivity index (χ1) is 6.11. The van der Waals surface area contributed by atoms with E-state index in [1.807, 2.05) is 6.07 Å².